The van der Waals surface area contributed by atoms with Crippen LogP contribution in [0.1, 0.15) is 50.7 Å². The van der Waals surface area contributed by atoms with Crippen molar-refractivity contribution in [3.8, 4) is 0 Å². The predicted octanol–water partition coefficient (Wildman–Crippen LogP) is 4.14. The molecule has 1 aliphatic rings. The molecule has 0 bridgehead atoms. The number of hydrogen-bond acceptors (Lipinski definition) is 4. The minimum atomic E-state index is -3.76. The summed E-state index contributed by atoms with van der Waals surface area (Å²) in [5.74, 6) is -0.706. The van der Waals surface area contributed by atoms with Crippen molar-refractivity contribution in [1.82, 2.24) is 10.2 Å². The normalized spacial score (nSPS) is 15.0. The molecule has 1 atom stereocenters. The van der Waals surface area contributed by atoms with Gasteiger partial charge in [-0.1, -0.05) is 61.7 Å². The van der Waals surface area contributed by atoms with Gasteiger partial charge in [-0.25, -0.2) is 8.42 Å². The van der Waals surface area contributed by atoms with Gasteiger partial charge in [0.2, 0.25) is 21.8 Å². The van der Waals surface area contributed by atoms with Gasteiger partial charge in [-0.3, -0.25) is 13.9 Å². The lowest BCUT2D eigenvalue weighted by Gasteiger charge is -2.32. The van der Waals surface area contributed by atoms with E-state index in [4.69, 9.17) is 11.6 Å². The third kappa shape index (κ3) is 7.21. The number of para-hydroxylation sites is 1. The van der Waals surface area contributed by atoms with Gasteiger partial charge >= 0.3 is 0 Å². The third-order valence-electron chi connectivity index (χ3n) is 6.43. The molecule has 3 rings (SSSR count). The van der Waals surface area contributed by atoms with Gasteiger partial charge < -0.3 is 10.2 Å². The van der Waals surface area contributed by atoms with Gasteiger partial charge in [-0.05, 0) is 55.5 Å². The monoisotopic (exact) mass is 519 g/mol. The molecule has 1 unspecified atom stereocenters. The van der Waals surface area contributed by atoms with Crippen LogP contribution in [0, 0.1) is 0 Å². The van der Waals surface area contributed by atoms with E-state index in [0.29, 0.717) is 17.1 Å². The van der Waals surface area contributed by atoms with E-state index < -0.39 is 28.5 Å². The van der Waals surface area contributed by atoms with E-state index in [1.807, 2.05) is 25.1 Å². The molecule has 1 N–H and O–H groups in total. The first-order valence-electron chi connectivity index (χ1n) is 12.0. The maximum atomic E-state index is 13.7. The van der Waals surface area contributed by atoms with Crippen LogP contribution < -0.4 is 9.62 Å². The maximum absolute atomic E-state index is 13.7. The van der Waals surface area contributed by atoms with Crippen LogP contribution in [0.3, 0.4) is 0 Å². The molecule has 190 valence electrons. The van der Waals surface area contributed by atoms with Crippen molar-refractivity contribution in [2.24, 2.45) is 0 Å². The second-order valence-electron chi connectivity index (χ2n) is 9.07. The number of carbonyl (C=O) groups excluding carboxylic acids is 2. The fourth-order valence-electron chi connectivity index (χ4n) is 4.45. The van der Waals surface area contributed by atoms with E-state index >= 15 is 0 Å². The number of rotatable bonds is 10. The van der Waals surface area contributed by atoms with E-state index in [9.17, 15) is 18.0 Å². The maximum Gasteiger partial charge on any atom is 0.244 e. The fraction of sp³-hybridized carbons (Fsp3) is 0.462. The van der Waals surface area contributed by atoms with Gasteiger partial charge in [0.05, 0.1) is 11.9 Å². The van der Waals surface area contributed by atoms with Gasteiger partial charge in [0, 0.05) is 17.6 Å². The molecule has 0 spiro atoms. The average molecular weight is 520 g/mol. The Hall–Kier alpha value is -2.58. The van der Waals surface area contributed by atoms with Gasteiger partial charge in [-0.2, -0.15) is 0 Å². The lowest BCUT2D eigenvalue weighted by molar-refractivity contribution is -0.139. The van der Waals surface area contributed by atoms with Crippen molar-refractivity contribution >= 4 is 39.1 Å². The summed E-state index contributed by atoms with van der Waals surface area (Å²) in [6, 6.07) is 13.5. The van der Waals surface area contributed by atoms with Crippen molar-refractivity contribution < 1.29 is 18.0 Å². The quantitative estimate of drug-likeness (QED) is 0.511. The molecule has 7 nitrogen and oxygen atoms in total. The highest BCUT2D eigenvalue weighted by atomic mass is 35.5. The van der Waals surface area contributed by atoms with E-state index in [0.717, 1.165) is 47.4 Å². The van der Waals surface area contributed by atoms with Crippen LogP contribution in [0.5, 0.6) is 0 Å². The number of halogens is 1. The number of benzene rings is 2. The lowest BCUT2D eigenvalue weighted by Crippen LogP contribution is -2.52. The molecule has 0 aliphatic heterocycles. The van der Waals surface area contributed by atoms with Crippen LogP contribution in [0.15, 0.2) is 48.5 Å². The summed E-state index contributed by atoms with van der Waals surface area (Å²) in [5.41, 5.74) is 2.04. The molecule has 1 aliphatic carbocycles. The SMILES string of the molecule is CCc1ccccc1N(CC(=O)N(Cc1cccc(Cl)c1)C(C)C(=O)NC1CCCC1)S(C)(=O)=O. The molecule has 1 saturated carbocycles. The van der Waals surface area contributed by atoms with Crippen molar-refractivity contribution in [3.63, 3.8) is 0 Å². The van der Waals surface area contributed by atoms with Gasteiger partial charge in [0.15, 0.2) is 0 Å². The first-order valence-corrected chi connectivity index (χ1v) is 14.2. The number of anilines is 1. The Morgan fingerprint density at radius 3 is 2.43 bits per heavy atom. The molecule has 35 heavy (non-hydrogen) atoms. The number of carbonyl (C=O) groups is 2. The molecule has 0 saturated heterocycles. The van der Waals surface area contributed by atoms with Crippen molar-refractivity contribution in [2.75, 3.05) is 17.1 Å². The van der Waals surface area contributed by atoms with Gasteiger partial charge in [0.25, 0.3) is 0 Å². The Bertz CT molecular complexity index is 1150. The number of sulfonamides is 1. The Morgan fingerprint density at radius 1 is 1.11 bits per heavy atom. The number of amides is 2. The molecule has 2 amide bonds. The third-order valence-corrected chi connectivity index (χ3v) is 7.79. The van der Waals surface area contributed by atoms with Gasteiger partial charge in [0.1, 0.15) is 12.6 Å². The molecular formula is C26H34ClN3O4S. The zero-order valence-corrected chi connectivity index (χ0v) is 22.1. The Labute approximate surface area is 213 Å². The van der Waals surface area contributed by atoms with Crippen LogP contribution in [-0.4, -0.2) is 50.0 Å². The molecule has 0 radical (unpaired) electrons. The fourth-order valence-corrected chi connectivity index (χ4v) is 5.55. The second kappa shape index (κ2) is 11.9. The average Bonchev–Trinajstić information content (AvgIpc) is 3.32. The summed E-state index contributed by atoms with van der Waals surface area (Å²) in [4.78, 5) is 28.2. The minimum Gasteiger partial charge on any atom is -0.352 e. The standard InChI is InChI=1S/C26H34ClN3O4S/c1-4-21-11-5-8-15-24(21)30(35(3,33)34)18-25(31)29(17-20-10-9-12-22(27)16-20)19(2)26(32)28-23-13-6-7-14-23/h5,8-12,15-16,19,23H,4,6-7,13-14,17-18H2,1-3H3,(H,28,32). The van der Waals surface area contributed by atoms with Crippen LogP contribution in [0.2, 0.25) is 5.02 Å². The molecule has 2 aromatic rings. The van der Waals surface area contributed by atoms with Crippen LogP contribution >= 0.6 is 11.6 Å². The number of nitrogens with zero attached hydrogens (tertiary/aromatic N) is 2. The van der Waals surface area contributed by atoms with Crippen LogP contribution in [0.25, 0.3) is 0 Å². The minimum absolute atomic E-state index is 0.108. The number of aryl methyl sites for hydroxylation is 1. The summed E-state index contributed by atoms with van der Waals surface area (Å²) in [7, 11) is -3.76. The Balaban J connectivity index is 1.90. The molecular weight excluding hydrogens is 486 g/mol. The Kier molecular flexibility index (Phi) is 9.19. The van der Waals surface area contributed by atoms with Gasteiger partial charge in [-0.15, -0.1) is 0 Å². The summed E-state index contributed by atoms with van der Waals surface area (Å²) in [6.45, 7) is 3.34. The highest BCUT2D eigenvalue weighted by Gasteiger charge is 2.31. The Morgan fingerprint density at radius 2 is 1.80 bits per heavy atom. The van der Waals surface area contributed by atoms with E-state index in [1.54, 1.807) is 37.3 Å². The van der Waals surface area contributed by atoms with Crippen molar-refractivity contribution in [3.05, 3.63) is 64.7 Å². The first-order chi connectivity index (χ1) is 16.6. The number of hydrogen-bond donors (Lipinski definition) is 1. The van der Waals surface area contributed by atoms with E-state index in [1.165, 1.54) is 4.90 Å². The summed E-state index contributed by atoms with van der Waals surface area (Å²) < 4.78 is 26.6. The second-order valence-corrected chi connectivity index (χ2v) is 11.4. The summed E-state index contributed by atoms with van der Waals surface area (Å²) >= 11 is 6.15. The molecule has 0 heterocycles. The van der Waals surface area contributed by atoms with Crippen molar-refractivity contribution in [1.29, 1.82) is 0 Å². The molecule has 9 heteroatoms. The largest absolute Gasteiger partial charge is 0.352 e. The first kappa shape index (κ1) is 27.0. The van der Waals surface area contributed by atoms with Crippen LogP contribution in [0.4, 0.5) is 5.69 Å². The summed E-state index contributed by atoms with van der Waals surface area (Å²) in [5, 5.41) is 3.57. The smallest absolute Gasteiger partial charge is 0.244 e. The van der Waals surface area contributed by atoms with E-state index in [-0.39, 0.29) is 18.5 Å². The molecule has 0 aromatic heterocycles. The predicted molar refractivity (Wildman–Crippen MR) is 140 cm³/mol. The van der Waals surface area contributed by atoms with E-state index in [2.05, 4.69) is 5.32 Å². The highest BCUT2D eigenvalue weighted by Crippen LogP contribution is 2.24. The zero-order valence-electron chi connectivity index (χ0n) is 20.5. The lowest BCUT2D eigenvalue weighted by atomic mass is 10.1. The molecule has 2 aromatic carbocycles. The summed E-state index contributed by atoms with van der Waals surface area (Å²) in [6.07, 6.45) is 5.70. The number of nitrogens with one attached hydrogen (secondary N) is 1. The zero-order chi connectivity index (χ0) is 25.6. The van der Waals surface area contributed by atoms with Crippen LogP contribution in [-0.2, 0) is 32.6 Å². The molecule has 1 fully saturated rings. The van der Waals surface area contributed by atoms with Crippen molar-refractivity contribution in [2.45, 2.75) is 64.6 Å². The topological polar surface area (TPSA) is 86.8 Å². The highest BCUT2D eigenvalue weighted by molar-refractivity contribution is 7.92.